The van der Waals surface area contributed by atoms with E-state index in [1.54, 1.807) is 0 Å². The summed E-state index contributed by atoms with van der Waals surface area (Å²) < 4.78 is 5.69. The minimum Gasteiger partial charge on any atom is -0.394 e. The van der Waals surface area contributed by atoms with Gasteiger partial charge in [0, 0.05) is 12.2 Å². The summed E-state index contributed by atoms with van der Waals surface area (Å²) >= 11 is 1.20. The van der Waals surface area contributed by atoms with E-state index in [9.17, 15) is 30.3 Å². The summed E-state index contributed by atoms with van der Waals surface area (Å²) in [5.41, 5.74) is -0.891. The number of aliphatic hydroxyl groups is 5. The Kier molecular flexibility index (Phi) is 39.9. The average molecular weight is 858 g/mol. The maximum absolute atomic E-state index is 13.1. The number of carbonyl (C=O) groups is 1. The fourth-order valence-corrected chi connectivity index (χ4v) is 9.86. The van der Waals surface area contributed by atoms with Crippen LogP contribution < -0.4 is 5.32 Å². The molecule has 0 bridgehead atoms. The molecule has 0 aliphatic carbocycles. The molecule has 0 aromatic rings. The first-order valence-electron chi connectivity index (χ1n) is 25.7. The van der Waals surface area contributed by atoms with Crippen LogP contribution >= 0.6 is 11.8 Å². The van der Waals surface area contributed by atoms with Crippen molar-refractivity contribution in [3.8, 4) is 0 Å². The summed E-state index contributed by atoms with van der Waals surface area (Å²) in [6.45, 7) is 4.06. The smallest absolute Gasteiger partial charge is 0.220 e. The maximum atomic E-state index is 13.1. The highest BCUT2D eigenvalue weighted by atomic mass is 32.2. The average Bonchev–Trinajstić information content (AvgIpc) is 3.23. The van der Waals surface area contributed by atoms with Crippen LogP contribution in [0.2, 0.25) is 0 Å². The molecule has 1 amide bonds. The molecule has 0 aromatic carbocycles. The fraction of sp³-hybridized carbons (Fsp3) is 0.980. The fourth-order valence-electron chi connectivity index (χ4n) is 8.58. The number of amides is 1. The summed E-state index contributed by atoms with van der Waals surface area (Å²) in [4.78, 5) is 13.1. The number of rotatable bonds is 44. The van der Waals surface area contributed by atoms with Gasteiger partial charge in [-0.25, -0.2) is 0 Å². The molecule has 1 saturated heterocycles. The molecule has 0 aromatic heterocycles. The number of hydrogen-bond acceptors (Lipinski definition) is 8. The molecule has 59 heavy (non-hydrogen) atoms. The van der Waals surface area contributed by atoms with Crippen molar-refractivity contribution in [2.75, 3.05) is 12.4 Å². The van der Waals surface area contributed by atoms with Crippen LogP contribution in [0.1, 0.15) is 258 Å². The van der Waals surface area contributed by atoms with Crippen molar-refractivity contribution in [1.29, 1.82) is 0 Å². The van der Waals surface area contributed by atoms with E-state index in [1.807, 2.05) is 0 Å². The predicted octanol–water partition coefficient (Wildman–Crippen LogP) is 12.2. The highest BCUT2D eigenvalue weighted by Gasteiger charge is 2.44. The molecule has 0 spiro atoms. The molecule has 7 atom stereocenters. The molecule has 8 nitrogen and oxygen atoms in total. The van der Waals surface area contributed by atoms with Gasteiger partial charge in [0.05, 0.1) is 18.8 Å². The Morgan fingerprint density at radius 3 is 1.20 bits per heavy atom. The van der Waals surface area contributed by atoms with Gasteiger partial charge >= 0.3 is 0 Å². The zero-order valence-electron chi connectivity index (χ0n) is 38.8. The Balaban J connectivity index is 2.21. The highest BCUT2D eigenvalue weighted by molar-refractivity contribution is 7.99. The SMILES string of the molecule is CCCCCCCCCCCCCCCCCCCCCCCCCC(=O)N[C@@H](CS[C@H]1OC(CO)[C@H](O)C(O)C1O)[C@H](O)CCCCCCCCCCCCCCC. The van der Waals surface area contributed by atoms with Gasteiger partial charge in [-0.3, -0.25) is 4.79 Å². The van der Waals surface area contributed by atoms with Crippen molar-refractivity contribution >= 4 is 17.7 Å². The molecule has 6 N–H and O–H groups in total. The van der Waals surface area contributed by atoms with Crippen LogP contribution in [0.25, 0.3) is 0 Å². The van der Waals surface area contributed by atoms with E-state index in [1.165, 1.54) is 204 Å². The van der Waals surface area contributed by atoms with Crippen molar-refractivity contribution in [2.24, 2.45) is 0 Å². The van der Waals surface area contributed by atoms with E-state index >= 15 is 0 Å². The molecule has 1 aliphatic rings. The quantitative estimate of drug-likeness (QED) is 0.0333. The monoisotopic (exact) mass is 858 g/mol. The molecule has 352 valence electrons. The normalized spacial score (nSPS) is 20.6. The van der Waals surface area contributed by atoms with Gasteiger partial charge in [0.25, 0.3) is 0 Å². The molecule has 0 saturated carbocycles. The zero-order chi connectivity index (χ0) is 43.0. The Morgan fingerprint density at radius 1 is 0.508 bits per heavy atom. The van der Waals surface area contributed by atoms with E-state index in [2.05, 4.69) is 19.2 Å². The van der Waals surface area contributed by atoms with Crippen molar-refractivity contribution in [3.63, 3.8) is 0 Å². The summed E-state index contributed by atoms with van der Waals surface area (Å²) in [6, 6.07) is -0.526. The third kappa shape index (κ3) is 32.0. The van der Waals surface area contributed by atoms with Gasteiger partial charge in [0.2, 0.25) is 5.91 Å². The highest BCUT2D eigenvalue weighted by Crippen LogP contribution is 2.30. The van der Waals surface area contributed by atoms with E-state index in [-0.39, 0.29) is 11.7 Å². The van der Waals surface area contributed by atoms with E-state index in [0.29, 0.717) is 12.8 Å². The lowest BCUT2D eigenvalue weighted by Gasteiger charge is -2.40. The third-order valence-electron chi connectivity index (χ3n) is 12.7. The van der Waals surface area contributed by atoms with Crippen LogP contribution in [-0.4, -0.2) is 85.8 Å². The first-order chi connectivity index (χ1) is 28.8. The molecule has 1 rings (SSSR count). The summed E-state index contributed by atoms with van der Waals surface area (Å²) in [6.07, 6.45) is 42.2. The Bertz CT molecular complexity index is 897. The van der Waals surface area contributed by atoms with Crippen molar-refractivity contribution in [1.82, 2.24) is 5.32 Å². The van der Waals surface area contributed by atoms with Gasteiger partial charge in [0.1, 0.15) is 29.9 Å². The molecule has 1 fully saturated rings. The lowest BCUT2D eigenvalue weighted by molar-refractivity contribution is -0.205. The van der Waals surface area contributed by atoms with Crippen LogP contribution in [0.3, 0.4) is 0 Å². The number of thioether (sulfide) groups is 1. The second-order valence-corrected chi connectivity index (χ2v) is 19.5. The first kappa shape index (κ1) is 56.6. The number of aliphatic hydroxyl groups excluding tert-OH is 5. The molecule has 3 unspecified atom stereocenters. The number of carbonyl (C=O) groups excluding carboxylic acids is 1. The van der Waals surface area contributed by atoms with Gasteiger partial charge < -0.3 is 35.6 Å². The molecular formula is C50H99NO7S. The van der Waals surface area contributed by atoms with E-state index in [4.69, 9.17) is 4.74 Å². The van der Waals surface area contributed by atoms with Gasteiger partial charge in [-0.15, -0.1) is 11.8 Å². The zero-order valence-corrected chi connectivity index (χ0v) is 39.6. The topological polar surface area (TPSA) is 139 Å². The summed E-state index contributed by atoms with van der Waals surface area (Å²) in [7, 11) is 0. The predicted molar refractivity (Wildman–Crippen MR) is 251 cm³/mol. The molecule has 0 radical (unpaired) electrons. The molecule has 1 heterocycles. The lowest BCUT2D eigenvalue weighted by atomic mass is 10.0. The third-order valence-corrected chi connectivity index (χ3v) is 14.0. The minimum absolute atomic E-state index is 0.0719. The van der Waals surface area contributed by atoms with Crippen molar-refractivity contribution in [3.05, 3.63) is 0 Å². The molecule has 1 aliphatic heterocycles. The van der Waals surface area contributed by atoms with Crippen LogP contribution in [-0.2, 0) is 9.53 Å². The van der Waals surface area contributed by atoms with Gasteiger partial charge in [-0.1, -0.05) is 239 Å². The van der Waals surface area contributed by atoms with Gasteiger partial charge in [0.15, 0.2) is 0 Å². The van der Waals surface area contributed by atoms with Gasteiger partial charge in [-0.2, -0.15) is 0 Å². The van der Waals surface area contributed by atoms with Crippen molar-refractivity contribution in [2.45, 2.75) is 300 Å². The molecular weight excluding hydrogens is 759 g/mol. The summed E-state index contributed by atoms with van der Waals surface area (Å²) in [5.74, 6) is 0.213. The first-order valence-corrected chi connectivity index (χ1v) is 26.8. The standard InChI is InChI=1S/C50H99NO7S/c1-3-5-7-9-11-13-15-17-18-19-20-21-22-23-24-25-26-28-30-32-34-36-38-40-46(54)51-43(42-59-50-49(57)48(56)47(55)45(41-52)58-50)44(53)39-37-35-33-31-29-27-16-14-12-10-8-6-4-2/h43-45,47-50,52-53,55-57H,3-42H2,1-2H3,(H,51,54)/t43-,44+,45?,47-,48?,49?,50+/m0/s1. The second kappa shape index (κ2) is 41.6. The second-order valence-electron chi connectivity index (χ2n) is 18.3. The molecule has 9 heteroatoms. The maximum Gasteiger partial charge on any atom is 0.220 e. The number of nitrogens with one attached hydrogen (secondary N) is 1. The van der Waals surface area contributed by atoms with Crippen LogP contribution in [0, 0.1) is 0 Å². The largest absolute Gasteiger partial charge is 0.394 e. The van der Waals surface area contributed by atoms with Gasteiger partial charge in [-0.05, 0) is 12.8 Å². The van der Waals surface area contributed by atoms with E-state index < -0.39 is 48.6 Å². The van der Waals surface area contributed by atoms with Crippen LogP contribution in [0.5, 0.6) is 0 Å². The van der Waals surface area contributed by atoms with Crippen molar-refractivity contribution < 1.29 is 35.1 Å². The number of ether oxygens (including phenoxy) is 1. The van der Waals surface area contributed by atoms with Crippen LogP contribution in [0.15, 0.2) is 0 Å². The number of hydrogen-bond donors (Lipinski definition) is 6. The Hall–Kier alpha value is -0.420. The minimum atomic E-state index is -1.44. The lowest BCUT2D eigenvalue weighted by Crippen LogP contribution is -2.58. The van der Waals surface area contributed by atoms with E-state index in [0.717, 1.165) is 38.5 Å². The van der Waals surface area contributed by atoms with Crippen LogP contribution in [0.4, 0.5) is 0 Å². The Morgan fingerprint density at radius 2 is 0.847 bits per heavy atom. The number of unbranched alkanes of at least 4 members (excludes halogenated alkanes) is 34. The Labute approximate surface area is 369 Å². The summed E-state index contributed by atoms with van der Waals surface area (Å²) in [5, 5.41) is 54.9.